The fourth-order valence-electron chi connectivity index (χ4n) is 1.92. The normalized spacial score (nSPS) is 15.6. The zero-order chi connectivity index (χ0) is 12.3. The van der Waals surface area contributed by atoms with E-state index in [0.29, 0.717) is 0 Å². The van der Waals surface area contributed by atoms with Crippen molar-refractivity contribution in [3.05, 3.63) is 47.0 Å². The fourth-order valence-corrected chi connectivity index (χ4v) is 2.11. The quantitative estimate of drug-likeness (QED) is 0.541. The molecule has 0 nitrogen and oxygen atoms in total. The average Bonchev–Trinajstić information content (AvgIpc) is 2.21. The molecule has 0 radical (unpaired) electrons. The van der Waals surface area contributed by atoms with Crippen molar-refractivity contribution in [3.63, 3.8) is 0 Å². The van der Waals surface area contributed by atoms with Gasteiger partial charge in [-0.25, -0.2) is 0 Å². The maximum atomic E-state index is 13.0. The summed E-state index contributed by atoms with van der Waals surface area (Å²) >= 11 is 0. The summed E-state index contributed by atoms with van der Waals surface area (Å²) in [5, 5.41) is 0. The molecule has 0 bridgehead atoms. The van der Waals surface area contributed by atoms with Crippen molar-refractivity contribution < 1.29 is 8.78 Å². The average molecular weight is 254 g/mol. The van der Waals surface area contributed by atoms with Crippen molar-refractivity contribution in [1.82, 2.24) is 0 Å². The second-order valence-corrected chi connectivity index (χ2v) is 5.30. The third kappa shape index (κ3) is 3.61. The van der Waals surface area contributed by atoms with Gasteiger partial charge in [-0.3, -0.25) is 0 Å². The molecule has 0 aliphatic heterocycles. The van der Waals surface area contributed by atoms with Crippen molar-refractivity contribution >= 4 is 9.24 Å². The van der Waals surface area contributed by atoms with Gasteiger partial charge in [-0.05, 0) is 37.7 Å². The molecule has 1 atom stereocenters. The molecule has 0 heterocycles. The lowest BCUT2D eigenvalue weighted by Gasteiger charge is -2.15. The van der Waals surface area contributed by atoms with E-state index in [1.165, 1.54) is 31.4 Å². The molecule has 2 rings (SSSR count). The zero-order valence-electron chi connectivity index (χ0n) is 9.76. The number of hydrogen-bond donors (Lipinski definition) is 0. The van der Waals surface area contributed by atoms with Gasteiger partial charge in [0.15, 0.2) is 0 Å². The third-order valence-corrected chi connectivity index (χ3v) is 3.53. The minimum atomic E-state index is -2.81. The first kappa shape index (κ1) is 12.7. The minimum Gasteiger partial charge on any atom is -0.197 e. The standard InChI is InChI=1S/C14H17F2P/c15-14(16,17)13-9-7-12(8-10-13)6-2-5-11-3-1-4-11/h5,7-10H,1-4,6,17H2. The second kappa shape index (κ2) is 5.27. The molecular weight excluding hydrogens is 237 g/mol. The Kier molecular flexibility index (Phi) is 3.93. The number of aryl methyl sites for hydroxylation is 1. The largest absolute Gasteiger partial charge is 0.283 e. The van der Waals surface area contributed by atoms with Gasteiger partial charge >= 0.3 is 0 Å². The third-order valence-electron chi connectivity index (χ3n) is 3.20. The van der Waals surface area contributed by atoms with Gasteiger partial charge in [0, 0.05) is 5.56 Å². The van der Waals surface area contributed by atoms with Crippen LogP contribution in [0.5, 0.6) is 0 Å². The highest BCUT2D eigenvalue weighted by atomic mass is 31.0. The van der Waals surface area contributed by atoms with Gasteiger partial charge in [0.1, 0.15) is 0 Å². The fraction of sp³-hybridized carbons (Fsp3) is 0.429. The van der Waals surface area contributed by atoms with Crippen LogP contribution >= 0.6 is 9.24 Å². The summed E-state index contributed by atoms with van der Waals surface area (Å²) in [6, 6.07) is 6.62. The van der Waals surface area contributed by atoms with Crippen LogP contribution in [0.25, 0.3) is 0 Å². The van der Waals surface area contributed by atoms with Crippen LogP contribution in [0, 0.1) is 0 Å². The predicted molar refractivity (Wildman–Crippen MR) is 70.3 cm³/mol. The second-order valence-electron chi connectivity index (χ2n) is 4.57. The summed E-state index contributed by atoms with van der Waals surface area (Å²) in [7, 11) is 1.57. The molecule has 1 aliphatic rings. The van der Waals surface area contributed by atoms with Crippen LogP contribution in [0.2, 0.25) is 0 Å². The summed E-state index contributed by atoms with van der Waals surface area (Å²) in [6.07, 6.45) is 8.07. The van der Waals surface area contributed by atoms with E-state index in [2.05, 4.69) is 6.08 Å². The lowest BCUT2D eigenvalue weighted by atomic mass is 9.91. The van der Waals surface area contributed by atoms with Crippen LogP contribution in [0.3, 0.4) is 0 Å². The molecular formula is C14H17F2P. The Morgan fingerprint density at radius 3 is 2.29 bits per heavy atom. The molecule has 1 aromatic rings. The summed E-state index contributed by atoms with van der Waals surface area (Å²) in [5.41, 5.74) is -0.0761. The first-order valence-corrected chi connectivity index (χ1v) is 6.57. The SMILES string of the molecule is FC(F)(P)c1ccc(CCC=C2CCC2)cc1. The molecule has 17 heavy (non-hydrogen) atoms. The smallest absolute Gasteiger partial charge is 0.197 e. The molecule has 1 unspecified atom stereocenters. The molecule has 0 N–H and O–H groups in total. The number of allylic oxidation sites excluding steroid dienone is 2. The maximum absolute atomic E-state index is 13.0. The van der Waals surface area contributed by atoms with Gasteiger partial charge in [-0.15, -0.1) is 0 Å². The number of rotatable bonds is 4. The van der Waals surface area contributed by atoms with Crippen molar-refractivity contribution in [2.75, 3.05) is 0 Å². The van der Waals surface area contributed by atoms with Crippen LogP contribution in [0.15, 0.2) is 35.9 Å². The van der Waals surface area contributed by atoms with Crippen LogP contribution < -0.4 is 0 Å². The summed E-state index contributed by atoms with van der Waals surface area (Å²) < 4.78 is 25.9. The Morgan fingerprint density at radius 1 is 1.18 bits per heavy atom. The minimum absolute atomic E-state index is 0.0589. The number of alkyl halides is 2. The summed E-state index contributed by atoms with van der Waals surface area (Å²) in [4.78, 5) is 0. The van der Waals surface area contributed by atoms with Gasteiger partial charge < -0.3 is 0 Å². The predicted octanol–water partition coefficient (Wildman–Crippen LogP) is 4.65. The van der Waals surface area contributed by atoms with Crippen LogP contribution in [-0.4, -0.2) is 0 Å². The maximum Gasteiger partial charge on any atom is 0.283 e. The van der Waals surface area contributed by atoms with Gasteiger partial charge in [0.2, 0.25) is 0 Å². The van der Waals surface area contributed by atoms with Crippen LogP contribution in [0.4, 0.5) is 8.78 Å². The van der Waals surface area contributed by atoms with E-state index in [9.17, 15) is 8.78 Å². The Balaban J connectivity index is 1.89. The van der Waals surface area contributed by atoms with Gasteiger partial charge in [0.25, 0.3) is 5.66 Å². The molecule has 0 aromatic heterocycles. The van der Waals surface area contributed by atoms with Gasteiger partial charge in [0.05, 0.1) is 0 Å². The van der Waals surface area contributed by atoms with Gasteiger partial charge in [-0.2, -0.15) is 8.78 Å². The molecule has 1 fully saturated rings. The van der Waals surface area contributed by atoms with Crippen LogP contribution in [-0.2, 0) is 12.1 Å². The highest BCUT2D eigenvalue weighted by Gasteiger charge is 2.23. The van der Waals surface area contributed by atoms with E-state index in [1.807, 2.05) is 0 Å². The molecule has 1 saturated carbocycles. The number of halogens is 2. The Bertz CT molecular complexity index is 395. The first-order valence-electron chi connectivity index (χ1n) is 6.00. The van der Waals surface area contributed by atoms with Crippen LogP contribution in [0.1, 0.15) is 36.8 Å². The van der Waals surface area contributed by atoms with E-state index in [4.69, 9.17) is 0 Å². The Hall–Kier alpha value is -0.750. The summed E-state index contributed by atoms with van der Waals surface area (Å²) in [6.45, 7) is 0. The monoisotopic (exact) mass is 254 g/mol. The number of hydrogen-bond acceptors (Lipinski definition) is 0. The van der Waals surface area contributed by atoms with Crippen molar-refractivity contribution in [1.29, 1.82) is 0 Å². The lowest BCUT2D eigenvalue weighted by Crippen LogP contribution is -2.02. The molecule has 1 aliphatic carbocycles. The highest BCUT2D eigenvalue weighted by molar-refractivity contribution is 7.17. The van der Waals surface area contributed by atoms with Crippen molar-refractivity contribution in [2.45, 2.75) is 37.8 Å². The Morgan fingerprint density at radius 2 is 1.82 bits per heavy atom. The van der Waals surface area contributed by atoms with Crippen molar-refractivity contribution in [3.8, 4) is 0 Å². The Labute approximate surface area is 103 Å². The summed E-state index contributed by atoms with van der Waals surface area (Å²) in [5.74, 6) is 0. The van der Waals surface area contributed by atoms with E-state index in [0.717, 1.165) is 18.4 Å². The molecule has 0 amide bonds. The highest BCUT2D eigenvalue weighted by Crippen LogP contribution is 2.34. The lowest BCUT2D eigenvalue weighted by molar-refractivity contribution is 0.104. The molecule has 3 heteroatoms. The van der Waals surface area contributed by atoms with Gasteiger partial charge in [-0.1, -0.05) is 45.2 Å². The first-order chi connectivity index (χ1) is 8.05. The van der Waals surface area contributed by atoms with E-state index >= 15 is 0 Å². The molecule has 1 aromatic carbocycles. The number of benzene rings is 1. The molecule has 0 spiro atoms. The van der Waals surface area contributed by atoms with E-state index in [1.54, 1.807) is 26.9 Å². The molecule has 0 saturated heterocycles. The zero-order valence-corrected chi connectivity index (χ0v) is 10.9. The van der Waals surface area contributed by atoms with E-state index < -0.39 is 5.66 Å². The molecule has 92 valence electrons. The topological polar surface area (TPSA) is 0 Å². The van der Waals surface area contributed by atoms with Crippen molar-refractivity contribution in [2.24, 2.45) is 0 Å². The van der Waals surface area contributed by atoms with E-state index in [-0.39, 0.29) is 5.56 Å².